The zero-order valence-electron chi connectivity index (χ0n) is 19.0. The van der Waals surface area contributed by atoms with Crippen LogP contribution < -0.4 is 0 Å². The molecule has 3 aromatic carbocycles. The zero-order valence-corrected chi connectivity index (χ0v) is 20.6. The number of alkyl halides is 3. The molecule has 186 valence electrons. The van der Waals surface area contributed by atoms with Crippen LogP contribution in [0.1, 0.15) is 31.2 Å². The second kappa shape index (κ2) is 9.17. The Morgan fingerprint density at radius 2 is 1.68 bits per heavy atom. The van der Waals surface area contributed by atoms with Crippen LogP contribution in [0.2, 0.25) is 5.02 Å². The normalized spacial score (nSPS) is 11.7. The minimum absolute atomic E-state index is 0.0598. The summed E-state index contributed by atoms with van der Waals surface area (Å²) in [6, 6.07) is 16.3. The molecule has 0 saturated heterocycles. The van der Waals surface area contributed by atoms with Gasteiger partial charge in [0.25, 0.3) is 5.91 Å². The quantitative estimate of drug-likeness (QED) is 0.252. The molecule has 37 heavy (non-hydrogen) atoms. The van der Waals surface area contributed by atoms with Crippen LogP contribution in [0.15, 0.2) is 72.1 Å². The van der Waals surface area contributed by atoms with E-state index >= 15 is 0 Å². The van der Waals surface area contributed by atoms with Crippen molar-refractivity contribution in [3.8, 4) is 22.4 Å². The first-order valence-corrected chi connectivity index (χ1v) is 12.1. The van der Waals surface area contributed by atoms with Crippen molar-refractivity contribution in [2.75, 3.05) is 0 Å². The average molecular weight is 541 g/mol. The highest BCUT2D eigenvalue weighted by Crippen LogP contribution is 2.38. The van der Waals surface area contributed by atoms with Gasteiger partial charge in [-0.25, -0.2) is 4.79 Å². The third-order valence-electron chi connectivity index (χ3n) is 5.88. The monoisotopic (exact) mass is 540 g/mol. The highest BCUT2D eigenvalue weighted by atomic mass is 35.5. The number of aromatic nitrogens is 2. The van der Waals surface area contributed by atoms with Crippen LogP contribution in [0.5, 0.6) is 0 Å². The Labute approximate surface area is 217 Å². The summed E-state index contributed by atoms with van der Waals surface area (Å²) in [6.07, 6.45) is -4.81. The van der Waals surface area contributed by atoms with Gasteiger partial charge >= 0.3 is 12.1 Å². The molecule has 5 aromatic rings. The van der Waals surface area contributed by atoms with Crippen LogP contribution in [-0.4, -0.2) is 26.8 Å². The number of carboxylic acid groups (broad SMARTS) is 1. The Morgan fingerprint density at radius 1 is 0.973 bits per heavy atom. The molecule has 0 atom stereocenters. The van der Waals surface area contributed by atoms with E-state index in [0.29, 0.717) is 16.6 Å². The lowest BCUT2D eigenvalue weighted by atomic mass is 10.0. The van der Waals surface area contributed by atoms with Gasteiger partial charge < -0.3 is 5.11 Å². The smallest absolute Gasteiger partial charge is 0.417 e. The van der Waals surface area contributed by atoms with Crippen molar-refractivity contribution in [2.24, 2.45) is 0 Å². The molecule has 5 nitrogen and oxygen atoms in total. The molecule has 0 aliphatic rings. The number of aryl methyl sites for hydroxylation is 1. The summed E-state index contributed by atoms with van der Waals surface area (Å²) in [5.74, 6) is -2.14. The third kappa shape index (κ3) is 4.52. The topological polar surface area (TPSA) is 72.2 Å². The molecule has 0 spiro atoms. The fourth-order valence-corrected chi connectivity index (χ4v) is 5.08. The van der Waals surface area contributed by atoms with Gasteiger partial charge in [-0.2, -0.15) is 23.0 Å². The average Bonchev–Trinajstić information content (AvgIpc) is 3.46. The second-order valence-corrected chi connectivity index (χ2v) is 9.81. The number of hydrogen-bond acceptors (Lipinski definition) is 4. The van der Waals surface area contributed by atoms with Gasteiger partial charge in [-0.1, -0.05) is 35.9 Å². The number of fused-ring (bicyclic) bond motifs is 1. The van der Waals surface area contributed by atoms with Crippen molar-refractivity contribution in [3.05, 3.63) is 98.7 Å². The summed E-state index contributed by atoms with van der Waals surface area (Å²) in [4.78, 5) is 26.0. The number of nitrogens with zero attached hydrogens (tertiary/aromatic N) is 2. The van der Waals surface area contributed by atoms with Crippen molar-refractivity contribution in [1.82, 2.24) is 9.78 Å². The van der Waals surface area contributed by atoms with Crippen LogP contribution in [0.3, 0.4) is 0 Å². The van der Waals surface area contributed by atoms with Crippen molar-refractivity contribution in [3.63, 3.8) is 0 Å². The van der Waals surface area contributed by atoms with E-state index in [0.717, 1.165) is 32.8 Å². The third-order valence-corrected chi connectivity index (χ3v) is 7.05. The molecular formula is C27H16ClF3N2O3S. The fraction of sp³-hybridized carbons (Fsp3) is 0.0741. The summed E-state index contributed by atoms with van der Waals surface area (Å²) in [5, 5.41) is 15.7. The lowest BCUT2D eigenvalue weighted by Crippen LogP contribution is -2.20. The van der Waals surface area contributed by atoms with E-state index in [2.05, 4.69) is 5.10 Å². The second-order valence-electron chi connectivity index (χ2n) is 8.29. The lowest BCUT2D eigenvalue weighted by Gasteiger charge is -2.13. The summed E-state index contributed by atoms with van der Waals surface area (Å²) in [5.41, 5.74) is 0.946. The highest BCUT2D eigenvalue weighted by molar-refractivity contribution is 7.10. The van der Waals surface area contributed by atoms with Gasteiger partial charge in [-0.15, -0.1) is 11.3 Å². The predicted octanol–water partition coefficient (Wildman–Crippen LogP) is 7.80. The molecule has 10 heteroatoms. The molecule has 0 saturated carbocycles. The number of carboxylic acids is 1. The maximum absolute atomic E-state index is 13.8. The number of halogens is 4. The van der Waals surface area contributed by atoms with Gasteiger partial charge in [-0.05, 0) is 65.9 Å². The molecule has 0 unspecified atom stereocenters. The molecule has 2 heterocycles. The van der Waals surface area contributed by atoms with Crippen LogP contribution in [0.25, 0.3) is 33.3 Å². The van der Waals surface area contributed by atoms with Gasteiger partial charge in [0.2, 0.25) is 0 Å². The van der Waals surface area contributed by atoms with Crippen molar-refractivity contribution < 1.29 is 27.9 Å². The van der Waals surface area contributed by atoms with Gasteiger partial charge in [0.05, 0.1) is 27.2 Å². The molecule has 0 bridgehead atoms. The standard InChI is InChI=1S/C27H16ClF3N2O3S/c1-14-11-18(13-37-14)17-9-10-19-22(12-17)33(32-24(19)15-5-7-16(8-6-15)26(35)36)25(34)23-20(27(29,30)31)3-2-4-21(23)28/h2-13H,1H3,(H,35,36). The van der Waals surface area contributed by atoms with Crippen LogP contribution in [-0.2, 0) is 6.18 Å². The first kappa shape index (κ1) is 24.7. The Balaban J connectivity index is 1.75. The highest BCUT2D eigenvalue weighted by Gasteiger charge is 2.37. The number of rotatable bonds is 4. The Kier molecular flexibility index (Phi) is 6.13. The number of benzene rings is 3. The van der Waals surface area contributed by atoms with Gasteiger partial charge in [0.1, 0.15) is 5.69 Å². The molecule has 0 radical (unpaired) electrons. The summed E-state index contributed by atoms with van der Waals surface area (Å²) >= 11 is 7.66. The SMILES string of the molecule is Cc1cc(-c2ccc3c(-c4ccc(C(=O)O)cc4)nn(C(=O)c4c(Cl)cccc4C(F)(F)F)c3c2)cs1. The minimum Gasteiger partial charge on any atom is -0.478 e. The van der Waals surface area contributed by atoms with E-state index in [4.69, 9.17) is 11.6 Å². The van der Waals surface area contributed by atoms with Crippen molar-refractivity contribution in [2.45, 2.75) is 13.1 Å². The molecule has 5 rings (SSSR count). The van der Waals surface area contributed by atoms with E-state index in [1.165, 1.54) is 30.3 Å². The largest absolute Gasteiger partial charge is 0.478 e. The molecule has 0 fully saturated rings. The zero-order chi connectivity index (χ0) is 26.5. The van der Waals surface area contributed by atoms with E-state index < -0.39 is 29.2 Å². The number of thiophene rings is 1. The number of carbonyl (C=O) groups is 2. The van der Waals surface area contributed by atoms with Crippen LogP contribution in [0.4, 0.5) is 13.2 Å². The summed E-state index contributed by atoms with van der Waals surface area (Å²) in [6.45, 7) is 1.95. The molecule has 1 N–H and O–H groups in total. The number of hydrogen-bond donors (Lipinski definition) is 1. The minimum atomic E-state index is -4.81. The van der Waals surface area contributed by atoms with Gasteiger partial charge in [0, 0.05) is 15.8 Å². The molecule has 0 amide bonds. The van der Waals surface area contributed by atoms with Crippen LogP contribution in [0, 0.1) is 6.92 Å². The van der Waals surface area contributed by atoms with Crippen LogP contribution >= 0.6 is 22.9 Å². The molecule has 2 aromatic heterocycles. The summed E-state index contributed by atoms with van der Waals surface area (Å²) < 4.78 is 42.3. The maximum atomic E-state index is 13.8. The van der Waals surface area contributed by atoms with Crippen molar-refractivity contribution >= 4 is 45.7 Å². The number of carbonyl (C=O) groups excluding carboxylic acids is 1. The predicted molar refractivity (Wildman–Crippen MR) is 136 cm³/mol. The van der Waals surface area contributed by atoms with E-state index in [1.54, 1.807) is 23.5 Å². The van der Waals surface area contributed by atoms with E-state index in [-0.39, 0.29) is 16.1 Å². The molecular weight excluding hydrogens is 525 g/mol. The fourth-order valence-electron chi connectivity index (χ4n) is 4.11. The van der Waals surface area contributed by atoms with Crippen molar-refractivity contribution in [1.29, 1.82) is 0 Å². The van der Waals surface area contributed by atoms with E-state index in [9.17, 15) is 27.9 Å². The Bertz CT molecular complexity index is 1690. The maximum Gasteiger partial charge on any atom is 0.417 e. The Morgan fingerprint density at radius 3 is 2.30 bits per heavy atom. The summed E-state index contributed by atoms with van der Waals surface area (Å²) in [7, 11) is 0. The van der Waals surface area contributed by atoms with Gasteiger partial charge in [0.15, 0.2) is 0 Å². The first-order chi connectivity index (χ1) is 17.5. The van der Waals surface area contributed by atoms with E-state index in [1.807, 2.05) is 24.4 Å². The Hall–Kier alpha value is -3.95. The van der Waals surface area contributed by atoms with Gasteiger partial charge in [-0.3, -0.25) is 4.79 Å². The molecule has 0 aliphatic heterocycles. The first-order valence-electron chi connectivity index (χ1n) is 10.9. The molecule has 0 aliphatic carbocycles. The number of aromatic carboxylic acids is 1. The lowest BCUT2D eigenvalue weighted by molar-refractivity contribution is -0.137.